The second-order valence-corrected chi connectivity index (χ2v) is 4.72. The lowest BCUT2D eigenvalue weighted by atomic mass is 10.1. The number of thioether (sulfide) groups is 1. The van der Waals surface area contributed by atoms with Gasteiger partial charge in [0.2, 0.25) is 0 Å². The van der Waals surface area contributed by atoms with Gasteiger partial charge in [0.25, 0.3) is 5.69 Å². The molecule has 0 spiro atoms. The van der Waals surface area contributed by atoms with Crippen molar-refractivity contribution in [1.29, 1.82) is 0 Å². The second kappa shape index (κ2) is 4.72. The van der Waals surface area contributed by atoms with E-state index < -0.39 is 16.3 Å². The Hall–Kier alpha value is -1.60. The third-order valence-electron chi connectivity index (χ3n) is 2.52. The van der Waals surface area contributed by atoms with E-state index in [2.05, 4.69) is 5.32 Å². The molecule has 0 aliphatic carbocycles. The first-order valence-corrected chi connectivity index (χ1v) is 5.98. The molecule has 2 unspecified atom stereocenters. The quantitative estimate of drug-likeness (QED) is 0.625. The fourth-order valence-electron chi connectivity index (χ4n) is 1.74. The lowest BCUT2D eigenvalue weighted by Crippen LogP contribution is -2.30. The summed E-state index contributed by atoms with van der Waals surface area (Å²) < 4.78 is 0. The van der Waals surface area contributed by atoms with Crippen molar-refractivity contribution in [2.45, 2.75) is 11.4 Å². The number of hydrogen-bond donors (Lipinski definition) is 2. The molecule has 0 bridgehead atoms. The summed E-state index contributed by atoms with van der Waals surface area (Å²) in [5.41, 5.74) is 0.561. The highest BCUT2D eigenvalue weighted by atomic mass is 32.2. The Labute approximate surface area is 101 Å². The van der Waals surface area contributed by atoms with Crippen LogP contribution >= 0.6 is 11.8 Å². The first-order chi connectivity index (χ1) is 8.09. The lowest BCUT2D eigenvalue weighted by molar-refractivity contribution is -0.385. The van der Waals surface area contributed by atoms with Crippen LogP contribution in [0.1, 0.15) is 11.6 Å². The average molecular weight is 254 g/mol. The number of carboxylic acids is 1. The van der Waals surface area contributed by atoms with E-state index in [1.807, 2.05) is 0 Å². The third kappa shape index (κ3) is 2.40. The van der Waals surface area contributed by atoms with Crippen molar-refractivity contribution in [2.24, 2.45) is 0 Å². The summed E-state index contributed by atoms with van der Waals surface area (Å²) in [6, 6.07) is 6.10. The predicted molar refractivity (Wildman–Crippen MR) is 62.9 cm³/mol. The molecule has 2 N–H and O–H groups in total. The minimum atomic E-state index is -0.948. The van der Waals surface area contributed by atoms with Gasteiger partial charge in [0.15, 0.2) is 5.37 Å². The van der Waals surface area contributed by atoms with E-state index in [4.69, 9.17) is 5.11 Å². The summed E-state index contributed by atoms with van der Waals surface area (Å²) in [6.45, 7) is 0. The van der Waals surface area contributed by atoms with Crippen LogP contribution in [0.25, 0.3) is 0 Å². The zero-order chi connectivity index (χ0) is 12.4. The molecule has 2 atom stereocenters. The molecule has 2 rings (SSSR count). The standard InChI is InChI=1S/C10H10N2O4S/c13-10(14)9-11-7(5-17-9)6-3-1-2-4-8(6)12(15)16/h1-4,7,9,11H,5H2,(H,13,14). The lowest BCUT2D eigenvalue weighted by Gasteiger charge is -2.11. The van der Waals surface area contributed by atoms with Crippen LogP contribution in [0, 0.1) is 10.1 Å². The Kier molecular flexibility index (Phi) is 3.30. The Balaban J connectivity index is 2.24. The number of rotatable bonds is 3. The molecular formula is C10H10N2O4S. The maximum absolute atomic E-state index is 10.8. The Morgan fingerprint density at radius 3 is 2.82 bits per heavy atom. The van der Waals surface area contributed by atoms with Gasteiger partial charge in [-0.2, -0.15) is 0 Å². The summed E-state index contributed by atoms with van der Waals surface area (Å²) in [4.78, 5) is 21.2. The van der Waals surface area contributed by atoms with Crippen molar-refractivity contribution in [1.82, 2.24) is 5.32 Å². The van der Waals surface area contributed by atoms with Gasteiger partial charge < -0.3 is 5.11 Å². The van der Waals surface area contributed by atoms with Gasteiger partial charge in [-0.1, -0.05) is 18.2 Å². The van der Waals surface area contributed by atoms with Crippen molar-refractivity contribution in [3.05, 3.63) is 39.9 Å². The Morgan fingerprint density at radius 1 is 1.53 bits per heavy atom. The summed E-state index contributed by atoms with van der Waals surface area (Å²) in [7, 11) is 0. The van der Waals surface area contributed by atoms with Crippen LogP contribution in [0.4, 0.5) is 5.69 Å². The molecule has 0 aromatic heterocycles. The molecule has 7 heteroatoms. The number of para-hydroxylation sites is 1. The molecule has 90 valence electrons. The fraction of sp³-hybridized carbons (Fsp3) is 0.300. The second-order valence-electron chi connectivity index (χ2n) is 3.59. The minimum absolute atomic E-state index is 0.0247. The maximum Gasteiger partial charge on any atom is 0.331 e. The van der Waals surface area contributed by atoms with Crippen LogP contribution in [0.5, 0.6) is 0 Å². The fourth-order valence-corrected chi connectivity index (χ4v) is 2.81. The molecule has 1 fully saturated rings. The minimum Gasteiger partial charge on any atom is -0.479 e. The molecule has 1 aliphatic rings. The summed E-state index contributed by atoms with van der Waals surface area (Å²) in [5.74, 6) is -0.432. The molecule has 1 aliphatic heterocycles. The monoisotopic (exact) mass is 254 g/mol. The maximum atomic E-state index is 10.8. The van der Waals surface area contributed by atoms with Crippen molar-refractivity contribution in [3.63, 3.8) is 0 Å². The summed E-state index contributed by atoms with van der Waals surface area (Å²) in [6.07, 6.45) is 0. The smallest absolute Gasteiger partial charge is 0.331 e. The topological polar surface area (TPSA) is 92.5 Å². The zero-order valence-corrected chi connectivity index (χ0v) is 9.52. The third-order valence-corrected chi connectivity index (χ3v) is 3.71. The first kappa shape index (κ1) is 11.9. The van der Waals surface area contributed by atoms with E-state index in [1.165, 1.54) is 17.8 Å². The van der Waals surface area contributed by atoms with Crippen LogP contribution in [0.15, 0.2) is 24.3 Å². The van der Waals surface area contributed by atoms with E-state index in [0.717, 1.165) is 0 Å². The Bertz CT molecular complexity index is 465. The first-order valence-electron chi connectivity index (χ1n) is 4.93. The molecule has 1 heterocycles. The number of nitrogens with zero attached hydrogens (tertiary/aromatic N) is 1. The summed E-state index contributed by atoms with van der Waals surface area (Å²) in [5, 5.41) is 21.9. The van der Waals surface area contributed by atoms with E-state index in [-0.39, 0.29) is 11.7 Å². The molecule has 1 aromatic rings. The largest absolute Gasteiger partial charge is 0.479 e. The van der Waals surface area contributed by atoms with Gasteiger partial charge in [-0.3, -0.25) is 15.4 Å². The van der Waals surface area contributed by atoms with Gasteiger partial charge in [0.05, 0.1) is 4.92 Å². The van der Waals surface area contributed by atoms with E-state index in [1.54, 1.807) is 18.2 Å². The average Bonchev–Trinajstić information content (AvgIpc) is 2.78. The molecule has 0 saturated carbocycles. The molecular weight excluding hydrogens is 244 g/mol. The number of carbonyl (C=O) groups is 1. The number of aliphatic carboxylic acids is 1. The predicted octanol–water partition coefficient (Wildman–Crippen LogP) is 1.38. The zero-order valence-electron chi connectivity index (χ0n) is 8.70. The molecule has 17 heavy (non-hydrogen) atoms. The molecule has 6 nitrogen and oxygen atoms in total. The van der Waals surface area contributed by atoms with Crippen LogP contribution in [0.2, 0.25) is 0 Å². The number of hydrogen-bond acceptors (Lipinski definition) is 5. The van der Waals surface area contributed by atoms with Crippen LogP contribution < -0.4 is 5.32 Å². The van der Waals surface area contributed by atoms with Crippen molar-refractivity contribution in [3.8, 4) is 0 Å². The highest BCUT2D eigenvalue weighted by molar-refractivity contribution is 8.00. The Morgan fingerprint density at radius 2 is 2.24 bits per heavy atom. The van der Waals surface area contributed by atoms with E-state index in [9.17, 15) is 14.9 Å². The number of benzene rings is 1. The molecule has 1 saturated heterocycles. The highest BCUT2D eigenvalue weighted by Gasteiger charge is 2.33. The van der Waals surface area contributed by atoms with Gasteiger partial charge in [-0.15, -0.1) is 11.8 Å². The number of nitro groups is 1. The van der Waals surface area contributed by atoms with Crippen LogP contribution in [0.3, 0.4) is 0 Å². The molecule has 1 aromatic carbocycles. The van der Waals surface area contributed by atoms with Crippen molar-refractivity contribution in [2.75, 3.05) is 5.75 Å². The number of nitrogens with one attached hydrogen (secondary N) is 1. The van der Waals surface area contributed by atoms with Gasteiger partial charge in [-0.25, -0.2) is 4.79 Å². The highest BCUT2D eigenvalue weighted by Crippen LogP contribution is 2.33. The van der Waals surface area contributed by atoms with Crippen molar-refractivity contribution >= 4 is 23.4 Å². The number of carboxylic acid groups (broad SMARTS) is 1. The van der Waals surface area contributed by atoms with Gasteiger partial charge >= 0.3 is 5.97 Å². The van der Waals surface area contributed by atoms with E-state index in [0.29, 0.717) is 11.3 Å². The summed E-state index contributed by atoms with van der Waals surface area (Å²) >= 11 is 1.24. The van der Waals surface area contributed by atoms with Crippen LogP contribution in [-0.2, 0) is 4.79 Å². The van der Waals surface area contributed by atoms with E-state index >= 15 is 0 Å². The molecule has 0 amide bonds. The van der Waals surface area contributed by atoms with Crippen molar-refractivity contribution < 1.29 is 14.8 Å². The van der Waals surface area contributed by atoms with Crippen LogP contribution in [-0.4, -0.2) is 27.1 Å². The number of nitro benzene ring substituents is 1. The normalized spacial score (nSPS) is 23.5. The molecule has 0 radical (unpaired) electrons. The van der Waals surface area contributed by atoms with Gasteiger partial charge in [-0.05, 0) is 0 Å². The van der Waals surface area contributed by atoms with Gasteiger partial charge in [0.1, 0.15) is 0 Å². The SMILES string of the molecule is O=C(O)C1NC(c2ccccc2[N+](=O)[O-])CS1. The van der Waals surface area contributed by atoms with Gasteiger partial charge in [0, 0.05) is 23.4 Å².